The van der Waals surface area contributed by atoms with Gasteiger partial charge < -0.3 is 20.5 Å². The zero-order valence-electron chi connectivity index (χ0n) is 15.0. The van der Waals surface area contributed by atoms with Crippen LogP contribution in [0.2, 0.25) is 0 Å². The molecule has 6 nitrogen and oxygen atoms in total. The Morgan fingerprint density at radius 3 is 3.00 bits per heavy atom. The minimum absolute atomic E-state index is 0.125. The van der Waals surface area contributed by atoms with Crippen LogP contribution in [0.4, 0.5) is 5.69 Å². The summed E-state index contributed by atoms with van der Waals surface area (Å²) in [7, 11) is 0. The highest BCUT2D eigenvalue weighted by atomic mass is 16.5. The fraction of sp³-hybridized carbons (Fsp3) is 0.333. The molecule has 0 spiro atoms. The van der Waals surface area contributed by atoms with Crippen molar-refractivity contribution in [2.24, 2.45) is 0 Å². The molecule has 0 aromatic heterocycles. The van der Waals surface area contributed by atoms with E-state index in [1.165, 1.54) is 0 Å². The molecule has 2 aliphatic rings. The monoisotopic (exact) mass is 366 g/mol. The molecule has 2 aromatic rings. The van der Waals surface area contributed by atoms with Crippen LogP contribution in [0.5, 0.6) is 5.75 Å². The number of benzene rings is 2. The standard InChI is InChI=1S/C21H22N2O4/c24-19(13-14-7-8-18-15(12-14)4-3-11-27-18)22-10-9-21(26)16-5-1-2-6-17(16)23-20(21)25/h1-2,5-8,12,26H,3-4,9-11,13H2,(H,22,24)(H,23,25). The Morgan fingerprint density at radius 2 is 2.11 bits per heavy atom. The molecule has 4 rings (SSSR count). The lowest BCUT2D eigenvalue weighted by atomic mass is 9.92. The lowest BCUT2D eigenvalue weighted by molar-refractivity contribution is -0.134. The van der Waals surface area contributed by atoms with E-state index in [1.54, 1.807) is 24.3 Å². The third-order valence-corrected chi connectivity index (χ3v) is 5.14. The number of carbonyl (C=O) groups excluding carboxylic acids is 2. The highest BCUT2D eigenvalue weighted by molar-refractivity contribution is 6.04. The van der Waals surface area contributed by atoms with Crippen molar-refractivity contribution in [3.63, 3.8) is 0 Å². The Kier molecular flexibility index (Phi) is 4.58. The molecule has 0 fully saturated rings. The Hall–Kier alpha value is -2.86. The molecule has 2 heterocycles. The smallest absolute Gasteiger partial charge is 0.261 e. The summed E-state index contributed by atoms with van der Waals surface area (Å²) in [6.45, 7) is 0.956. The van der Waals surface area contributed by atoms with Gasteiger partial charge >= 0.3 is 0 Å². The van der Waals surface area contributed by atoms with E-state index in [9.17, 15) is 14.7 Å². The number of hydrogen-bond acceptors (Lipinski definition) is 4. The van der Waals surface area contributed by atoms with Crippen LogP contribution in [0.15, 0.2) is 42.5 Å². The van der Waals surface area contributed by atoms with Crippen molar-refractivity contribution in [1.29, 1.82) is 0 Å². The van der Waals surface area contributed by atoms with Crippen LogP contribution >= 0.6 is 0 Å². The molecule has 3 N–H and O–H groups in total. The Balaban J connectivity index is 1.34. The summed E-state index contributed by atoms with van der Waals surface area (Å²) in [5, 5.41) is 16.3. The van der Waals surface area contributed by atoms with Gasteiger partial charge in [0.25, 0.3) is 5.91 Å². The fourth-order valence-corrected chi connectivity index (χ4v) is 3.70. The highest BCUT2D eigenvalue weighted by Crippen LogP contribution is 2.37. The van der Waals surface area contributed by atoms with E-state index < -0.39 is 11.5 Å². The molecule has 0 saturated carbocycles. The van der Waals surface area contributed by atoms with Crippen molar-refractivity contribution >= 4 is 17.5 Å². The molecular weight excluding hydrogens is 344 g/mol. The lowest BCUT2D eigenvalue weighted by Crippen LogP contribution is -2.38. The van der Waals surface area contributed by atoms with Gasteiger partial charge in [-0.05, 0) is 36.1 Å². The van der Waals surface area contributed by atoms with Gasteiger partial charge in [-0.25, -0.2) is 0 Å². The van der Waals surface area contributed by atoms with E-state index in [1.807, 2.05) is 18.2 Å². The first-order chi connectivity index (χ1) is 13.1. The molecule has 0 aliphatic carbocycles. The molecule has 2 aliphatic heterocycles. The number of aryl methyl sites for hydroxylation is 1. The summed E-state index contributed by atoms with van der Waals surface area (Å²) >= 11 is 0. The number of fused-ring (bicyclic) bond motifs is 2. The molecule has 0 radical (unpaired) electrons. The number of nitrogens with one attached hydrogen (secondary N) is 2. The maximum absolute atomic E-state index is 12.3. The normalized spacial score (nSPS) is 20.3. The average molecular weight is 366 g/mol. The second-order valence-electron chi connectivity index (χ2n) is 7.03. The van der Waals surface area contributed by atoms with Crippen LogP contribution in [0.3, 0.4) is 0 Å². The molecule has 27 heavy (non-hydrogen) atoms. The van der Waals surface area contributed by atoms with Gasteiger partial charge in [-0.1, -0.05) is 30.3 Å². The summed E-state index contributed by atoms with van der Waals surface area (Å²) in [5.74, 6) is 0.313. The molecule has 2 amide bonds. The summed E-state index contributed by atoms with van der Waals surface area (Å²) in [4.78, 5) is 24.4. The third kappa shape index (κ3) is 3.40. The van der Waals surface area contributed by atoms with Crippen LogP contribution < -0.4 is 15.4 Å². The molecule has 1 atom stereocenters. The lowest BCUT2D eigenvalue weighted by Gasteiger charge is -2.21. The number of para-hydroxylation sites is 1. The number of amides is 2. The second kappa shape index (κ2) is 7.04. The number of hydrogen-bond donors (Lipinski definition) is 3. The van der Waals surface area contributed by atoms with E-state index in [0.29, 0.717) is 11.3 Å². The van der Waals surface area contributed by atoms with Gasteiger partial charge in [0.2, 0.25) is 5.91 Å². The topological polar surface area (TPSA) is 87.7 Å². The van der Waals surface area contributed by atoms with Gasteiger partial charge in [-0.15, -0.1) is 0 Å². The average Bonchev–Trinajstić information content (AvgIpc) is 2.92. The zero-order valence-corrected chi connectivity index (χ0v) is 15.0. The zero-order chi connectivity index (χ0) is 18.9. The number of ether oxygens (including phenoxy) is 1. The molecule has 140 valence electrons. The van der Waals surface area contributed by atoms with Crippen LogP contribution in [-0.2, 0) is 28.0 Å². The highest BCUT2D eigenvalue weighted by Gasteiger charge is 2.44. The van der Waals surface area contributed by atoms with E-state index in [4.69, 9.17) is 4.74 Å². The Labute approximate surface area is 157 Å². The maximum atomic E-state index is 12.3. The SMILES string of the molecule is O=C(Cc1ccc2c(c1)CCCO2)NCCC1(O)C(=O)Nc2ccccc21. The van der Waals surface area contributed by atoms with Crippen LogP contribution in [0, 0.1) is 0 Å². The van der Waals surface area contributed by atoms with E-state index >= 15 is 0 Å². The summed E-state index contributed by atoms with van der Waals surface area (Å²) in [6, 6.07) is 12.9. The van der Waals surface area contributed by atoms with Crippen LogP contribution in [-0.4, -0.2) is 30.1 Å². The predicted molar refractivity (Wildman–Crippen MR) is 101 cm³/mol. The van der Waals surface area contributed by atoms with Gasteiger partial charge in [0.15, 0.2) is 5.60 Å². The minimum atomic E-state index is -1.60. The summed E-state index contributed by atoms with van der Waals surface area (Å²) < 4.78 is 5.59. The Bertz CT molecular complexity index is 896. The molecule has 0 saturated heterocycles. The molecule has 2 aromatic carbocycles. The summed E-state index contributed by atoms with van der Waals surface area (Å²) in [5.41, 5.74) is 1.64. The predicted octanol–water partition coefficient (Wildman–Crippen LogP) is 1.90. The second-order valence-corrected chi connectivity index (χ2v) is 7.03. The van der Waals surface area contributed by atoms with Gasteiger partial charge in [0.05, 0.1) is 13.0 Å². The van der Waals surface area contributed by atoms with Crippen molar-refractivity contribution in [3.8, 4) is 5.75 Å². The van der Waals surface area contributed by atoms with Gasteiger partial charge in [-0.2, -0.15) is 0 Å². The summed E-state index contributed by atoms with van der Waals surface area (Å²) in [6.07, 6.45) is 2.34. The molecule has 6 heteroatoms. The van der Waals surface area contributed by atoms with E-state index in [-0.39, 0.29) is 25.3 Å². The Morgan fingerprint density at radius 1 is 1.26 bits per heavy atom. The largest absolute Gasteiger partial charge is 0.493 e. The molecule has 0 bridgehead atoms. The molecule has 1 unspecified atom stereocenters. The van der Waals surface area contributed by atoms with E-state index in [2.05, 4.69) is 10.6 Å². The maximum Gasteiger partial charge on any atom is 0.261 e. The van der Waals surface area contributed by atoms with Crippen LogP contribution in [0.25, 0.3) is 0 Å². The first kappa shape index (κ1) is 17.5. The number of aliphatic hydroxyl groups is 1. The van der Waals surface area contributed by atoms with Crippen molar-refractivity contribution < 1.29 is 19.4 Å². The van der Waals surface area contributed by atoms with Gasteiger partial charge in [0.1, 0.15) is 5.75 Å². The molecular formula is C21H22N2O4. The first-order valence-electron chi connectivity index (χ1n) is 9.21. The van der Waals surface area contributed by atoms with Crippen molar-refractivity contribution in [2.75, 3.05) is 18.5 Å². The van der Waals surface area contributed by atoms with Crippen LogP contribution in [0.1, 0.15) is 29.5 Å². The van der Waals surface area contributed by atoms with Gasteiger partial charge in [0, 0.05) is 24.2 Å². The fourth-order valence-electron chi connectivity index (χ4n) is 3.70. The van der Waals surface area contributed by atoms with Crippen molar-refractivity contribution in [2.45, 2.75) is 31.3 Å². The number of carbonyl (C=O) groups is 2. The number of rotatable bonds is 5. The van der Waals surface area contributed by atoms with Crippen molar-refractivity contribution in [1.82, 2.24) is 5.32 Å². The first-order valence-corrected chi connectivity index (χ1v) is 9.21. The number of anilines is 1. The van der Waals surface area contributed by atoms with Crippen molar-refractivity contribution in [3.05, 3.63) is 59.2 Å². The third-order valence-electron chi connectivity index (χ3n) is 5.14. The minimum Gasteiger partial charge on any atom is -0.493 e. The quantitative estimate of drug-likeness (QED) is 0.754. The van der Waals surface area contributed by atoms with E-state index in [0.717, 1.165) is 36.3 Å². The van der Waals surface area contributed by atoms with Gasteiger partial charge in [-0.3, -0.25) is 9.59 Å².